The molecule has 1 amide bonds. The average molecular weight is 541 g/mol. The molecule has 1 saturated heterocycles. The molecule has 1 aromatic carbocycles. The summed E-state index contributed by atoms with van der Waals surface area (Å²) in [7, 11) is 1.59. The largest absolute Gasteiger partial charge is 0.495 e. The first-order valence-electron chi connectivity index (χ1n) is 12.9. The number of amides is 1. The van der Waals surface area contributed by atoms with Gasteiger partial charge >= 0.3 is 0 Å². The SMILES string of the molecule is COc1ccccc1NC(=O)CCN1C(=S)N[C@@H](c2ccccn2)[C@@H]1c1cc(C)n(Cc2ccncc2)c1C. The molecule has 1 aliphatic rings. The van der Waals surface area contributed by atoms with Crippen LogP contribution in [0.1, 0.15) is 46.7 Å². The van der Waals surface area contributed by atoms with Gasteiger partial charge < -0.3 is 24.8 Å². The molecule has 8 nitrogen and oxygen atoms in total. The van der Waals surface area contributed by atoms with Crippen molar-refractivity contribution in [3.05, 3.63) is 107 Å². The van der Waals surface area contributed by atoms with Crippen LogP contribution in [0, 0.1) is 13.8 Å². The van der Waals surface area contributed by atoms with E-state index in [1.165, 1.54) is 5.56 Å². The fourth-order valence-corrected chi connectivity index (χ4v) is 5.54. The highest BCUT2D eigenvalue weighted by Crippen LogP contribution is 2.41. The van der Waals surface area contributed by atoms with Crippen LogP contribution in [0.4, 0.5) is 5.69 Å². The number of carbonyl (C=O) groups is 1. The van der Waals surface area contributed by atoms with E-state index in [0.29, 0.717) is 23.1 Å². The van der Waals surface area contributed by atoms with Gasteiger partial charge in [0, 0.05) is 49.5 Å². The van der Waals surface area contributed by atoms with Gasteiger partial charge in [-0.1, -0.05) is 18.2 Å². The number of aromatic nitrogens is 3. The van der Waals surface area contributed by atoms with Crippen LogP contribution in [-0.4, -0.2) is 44.1 Å². The van der Waals surface area contributed by atoms with Gasteiger partial charge in [-0.2, -0.15) is 0 Å². The minimum absolute atomic E-state index is 0.106. The minimum atomic E-state index is -0.147. The molecule has 0 unspecified atom stereocenters. The van der Waals surface area contributed by atoms with Crippen molar-refractivity contribution in [1.82, 2.24) is 24.8 Å². The Hall–Kier alpha value is -4.24. The van der Waals surface area contributed by atoms with E-state index in [4.69, 9.17) is 17.0 Å². The molecule has 0 spiro atoms. The zero-order valence-electron chi connectivity index (χ0n) is 22.3. The molecule has 1 aliphatic heterocycles. The molecule has 4 heterocycles. The number of methoxy groups -OCH3 is 1. The van der Waals surface area contributed by atoms with Crippen molar-refractivity contribution in [2.24, 2.45) is 0 Å². The molecule has 0 aliphatic carbocycles. The maximum Gasteiger partial charge on any atom is 0.226 e. The topological polar surface area (TPSA) is 84.3 Å². The molecule has 2 atom stereocenters. The van der Waals surface area contributed by atoms with E-state index in [0.717, 1.165) is 29.2 Å². The van der Waals surface area contributed by atoms with Gasteiger partial charge in [-0.15, -0.1) is 0 Å². The van der Waals surface area contributed by atoms with E-state index >= 15 is 0 Å². The van der Waals surface area contributed by atoms with Crippen molar-refractivity contribution in [2.45, 2.75) is 38.9 Å². The zero-order valence-corrected chi connectivity index (χ0v) is 23.1. The molecule has 0 saturated carbocycles. The predicted octanol–water partition coefficient (Wildman–Crippen LogP) is 4.95. The second-order valence-electron chi connectivity index (χ2n) is 9.59. The fraction of sp³-hybridized carbons (Fsp3) is 0.267. The normalized spacial score (nSPS) is 16.7. The van der Waals surface area contributed by atoms with Crippen LogP contribution >= 0.6 is 12.2 Å². The number of aryl methyl sites for hydroxylation is 1. The minimum Gasteiger partial charge on any atom is -0.495 e. The Balaban J connectivity index is 1.43. The molecular weight excluding hydrogens is 508 g/mol. The molecule has 5 rings (SSSR count). The first-order valence-corrected chi connectivity index (χ1v) is 13.3. The number of thiocarbonyl (C=S) groups is 1. The van der Waals surface area contributed by atoms with Gasteiger partial charge in [0.05, 0.1) is 30.6 Å². The summed E-state index contributed by atoms with van der Waals surface area (Å²) in [5.41, 5.74) is 6.22. The lowest BCUT2D eigenvalue weighted by molar-refractivity contribution is -0.116. The monoisotopic (exact) mass is 540 g/mol. The third-order valence-electron chi connectivity index (χ3n) is 7.18. The number of ether oxygens (including phenoxy) is 1. The molecule has 9 heteroatoms. The highest BCUT2D eigenvalue weighted by atomic mass is 32.1. The average Bonchev–Trinajstić information content (AvgIpc) is 3.43. The van der Waals surface area contributed by atoms with Crippen molar-refractivity contribution < 1.29 is 9.53 Å². The predicted molar refractivity (Wildman–Crippen MR) is 156 cm³/mol. The lowest BCUT2D eigenvalue weighted by Crippen LogP contribution is -2.33. The number of anilines is 1. The zero-order chi connectivity index (χ0) is 27.4. The number of para-hydroxylation sites is 2. The highest BCUT2D eigenvalue weighted by Gasteiger charge is 2.41. The Morgan fingerprint density at radius 2 is 1.85 bits per heavy atom. The Labute approximate surface area is 234 Å². The Morgan fingerprint density at radius 3 is 2.59 bits per heavy atom. The molecule has 3 aromatic heterocycles. The van der Waals surface area contributed by atoms with E-state index in [1.807, 2.05) is 67.0 Å². The summed E-state index contributed by atoms with van der Waals surface area (Å²) in [6.45, 7) is 5.47. The maximum absolute atomic E-state index is 13.0. The van der Waals surface area contributed by atoms with E-state index in [1.54, 1.807) is 13.3 Å². The van der Waals surface area contributed by atoms with Crippen molar-refractivity contribution in [3.8, 4) is 5.75 Å². The number of rotatable bonds is 9. The summed E-state index contributed by atoms with van der Waals surface area (Å²) >= 11 is 5.83. The van der Waals surface area contributed by atoms with Gasteiger partial charge in [-0.25, -0.2) is 0 Å². The van der Waals surface area contributed by atoms with Crippen LogP contribution in [0.3, 0.4) is 0 Å². The van der Waals surface area contributed by atoms with Crippen LogP contribution in [0.5, 0.6) is 5.75 Å². The van der Waals surface area contributed by atoms with Crippen LogP contribution in [0.25, 0.3) is 0 Å². The molecule has 200 valence electrons. The number of benzene rings is 1. The van der Waals surface area contributed by atoms with Crippen molar-refractivity contribution in [2.75, 3.05) is 19.0 Å². The van der Waals surface area contributed by atoms with Gasteiger partial charge in [-0.3, -0.25) is 14.8 Å². The third kappa shape index (κ3) is 5.63. The van der Waals surface area contributed by atoms with Crippen molar-refractivity contribution in [3.63, 3.8) is 0 Å². The second-order valence-corrected chi connectivity index (χ2v) is 9.97. The first-order chi connectivity index (χ1) is 19.0. The van der Waals surface area contributed by atoms with Crippen LogP contribution in [0.2, 0.25) is 0 Å². The quantitative estimate of drug-likeness (QED) is 0.291. The number of nitrogens with one attached hydrogen (secondary N) is 2. The molecule has 39 heavy (non-hydrogen) atoms. The number of carbonyl (C=O) groups excluding carboxylic acids is 1. The molecule has 4 aromatic rings. The van der Waals surface area contributed by atoms with Gasteiger partial charge in [0.1, 0.15) is 5.75 Å². The lowest BCUT2D eigenvalue weighted by atomic mass is 9.96. The maximum atomic E-state index is 13.0. The second kappa shape index (κ2) is 11.7. The summed E-state index contributed by atoms with van der Waals surface area (Å²) in [4.78, 5) is 23.9. The Bertz CT molecular complexity index is 1460. The van der Waals surface area contributed by atoms with Gasteiger partial charge in [0.2, 0.25) is 5.91 Å². The van der Waals surface area contributed by atoms with E-state index in [2.05, 4.69) is 50.0 Å². The Kier molecular flexibility index (Phi) is 7.88. The molecule has 0 radical (unpaired) electrons. The first kappa shape index (κ1) is 26.4. The number of hydrogen-bond acceptors (Lipinski definition) is 5. The summed E-state index contributed by atoms with van der Waals surface area (Å²) in [6.07, 6.45) is 5.70. The summed E-state index contributed by atoms with van der Waals surface area (Å²) < 4.78 is 7.69. The Morgan fingerprint density at radius 1 is 1.08 bits per heavy atom. The van der Waals surface area contributed by atoms with E-state index < -0.39 is 0 Å². The summed E-state index contributed by atoms with van der Waals surface area (Å²) in [6, 6.07) is 19.3. The third-order valence-corrected chi connectivity index (χ3v) is 7.53. The van der Waals surface area contributed by atoms with Gasteiger partial charge in [0.15, 0.2) is 5.11 Å². The summed E-state index contributed by atoms with van der Waals surface area (Å²) in [5, 5.41) is 7.08. The molecular formula is C30H32N6O2S. The van der Waals surface area contributed by atoms with Gasteiger partial charge in [0.25, 0.3) is 0 Å². The smallest absolute Gasteiger partial charge is 0.226 e. The lowest BCUT2D eigenvalue weighted by Gasteiger charge is -2.28. The van der Waals surface area contributed by atoms with Crippen molar-refractivity contribution in [1.29, 1.82) is 0 Å². The standard InChI is InChI=1S/C30H32N6O2S/c1-20-18-23(21(2)36(20)19-22-11-15-31-16-12-22)29-28(25-9-6-7-14-32-25)34-30(39)35(29)17-13-27(37)33-24-8-4-5-10-26(24)38-3/h4-12,14-16,18,28-29H,13,17,19H2,1-3H3,(H,33,37)(H,34,39)/t28-,29-/m0/s1. The van der Waals surface area contributed by atoms with Crippen LogP contribution < -0.4 is 15.4 Å². The molecule has 1 fully saturated rings. The fourth-order valence-electron chi connectivity index (χ4n) is 5.21. The summed E-state index contributed by atoms with van der Waals surface area (Å²) in [5.74, 6) is 0.518. The molecule has 2 N–H and O–H groups in total. The van der Waals surface area contributed by atoms with Gasteiger partial charge in [-0.05, 0) is 79.7 Å². The molecule has 0 bridgehead atoms. The van der Waals surface area contributed by atoms with E-state index in [9.17, 15) is 4.79 Å². The number of hydrogen-bond donors (Lipinski definition) is 2. The van der Waals surface area contributed by atoms with Crippen LogP contribution in [-0.2, 0) is 11.3 Å². The number of pyridine rings is 2. The van der Waals surface area contributed by atoms with Crippen LogP contribution in [0.15, 0.2) is 79.3 Å². The van der Waals surface area contributed by atoms with E-state index in [-0.39, 0.29) is 24.4 Å². The van der Waals surface area contributed by atoms with Crippen molar-refractivity contribution >= 4 is 28.9 Å². The number of nitrogens with zero attached hydrogens (tertiary/aromatic N) is 4. The highest BCUT2D eigenvalue weighted by molar-refractivity contribution is 7.80.